The largest absolute Gasteiger partial charge is 0.337 e. The normalized spacial score (nSPS) is 22.9. The second-order valence-corrected chi connectivity index (χ2v) is 5.51. The van der Waals surface area contributed by atoms with Crippen molar-refractivity contribution in [2.24, 2.45) is 0 Å². The van der Waals surface area contributed by atoms with Crippen LogP contribution in [0.25, 0.3) is 0 Å². The van der Waals surface area contributed by atoms with Gasteiger partial charge < -0.3 is 10.2 Å². The number of carbonyl (C=O) groups excluding carboxylic acids is 1. The number of nitrogens with zero attached hydrogens (tertiary/aromatic N) is 1. The highest BCUT2D eigenvalue weighted by Gasteiger charge is 2.28. The number of hydrogen-bond acceptors (Lipinski definition) is 2. The van der Waals surface area contributed by atoms with Crippen molar-refractivity contribution in [2.75, 3.05) is 13.1 Å². The summed E-state index contributed by atoms with van der Waals surface area (Å²) in [7, 11) is 0. The van der Waals surface area contributed by atoms with E-state index in [1.54, 1.807) is 0 Å². The molecule has 3 nitrogen and oxygen atoms in total. The molecule has 4 heteroatoms. The number of nitrogens with one attached hydrogen (secondary N) is 1. The van der Waals surface area contributed by atoms with E-state index in [2.05, 4.69) is 11.4 Å². The van der Waals surface area contributed by atoms with E-state index >= 15 is 0 Å². The number of fused-ring (bicyclic) bond motifs is 1. The molecule has 2 aliphatic rings. The van der Waals surface area contributed by atoms with Gasteiger partial charge in [0.15, 0.2) is 0 Å². The van der Waals surface area contributed by atoms with Crippen LogP contribution in [0.15, 0.2) is 18.2 Å². The second-order valence-electron chi connectivity index (χ2n) is 5.07. The third-order valence-corrected chi connectivity index (χ3v) is 4.09. The fraction of sp³-hybridized carbons (Fsp3) is 0.500. The first kappa shape index (κ1) is 12.0. The lowest BCUT2D eigenvalue weighted by Gasteiger charge is -2.31. The Labute approximate surface area is 112 Å². The molecule has 1 atom stereocenters. The number of rotatable bonds is 1. The van der Waals surface area contributed by atoms with Crippen LogP contribution in [0.4, 0.5) is 0 Å². The molecule has 18 heavy (non-hydrogen) atoms. The van der Waals surface area contributed by atoms with E-state index in [1.807, 2.05) is 17.0 Å². The summed E-state index contributed by atoms with van der Waals surface area (Å²) in [6.45, 7) is 2.49. The SMILES string of the molecule is O=C(C1CCCN1)N1CCc2ccc(Cl)cc2C1. The molecule has 0 aliphatic carbocycles. The lowest BCUT2D eigenvalue weighted by atomic mass is 9.99. The summed E-state index contributed by atoms with van der Waals surface area (Å²) in [5.41, 5.74) is 2.52. The molecule has 1 aromatic rings. The van der Waals surface area contributed by atoms with E-state index in [-0.39, 0.29) is 11.9 Å². The van der Waals surface area contributed by atoms with Crippen molar-refractivity contribution in [1.29, 1.82) is 0 Å². The molecule has 1 aromatic carbocycles. The molecule has 1 N–H and O–H groups in total. The molecular weight excluding hydrogens is 248 g/mol. The summed E-state index contributed by atoms with van der Waals surface area (Å²) in [5, 5.41) is 4.02. The van der Waals surface area contributed by atoms with Gasteiger partial charge in [0.2, 0.25) is 5.91 Å². The van der Waals surface area contributed by atoms with Gasteiger partial charge in [-0.1, -0.05) is 17.7 Å². The van der Waals surface area contributed by atoms with Crippen molar-refractivity contribution in [1.82, 2.24) is 10.2 Å². The van der Waals surface area contributed by atoms with Gasteiger partial charge in [-0.15, -0.1) is 0 Å². The van der Waals surface area contributed by atoms with Crippen LogP contribution in [0.5, 0.6) is 0 Å². The number of carbonyl (C=O) groups is 1. The van der Waals surface area contributed by atoms with Crippen LogP contribution in [0.1, 0.15) is 24.0 Å². The molecule has 2 heterocycles. The van der Waals surface area contributed by atoms with Crippen LogP contribution in [0.2, 0.25) is 5.02 Å². The molecule has 96 valence electrons. The van der Waals surface area contributed by atoms with Crippen molar-refractivity contribution in [2.45, 2.75) is 31.8 Å². The number of amides is 1. The highest BCUT2D eigenvalue weighted by Crippen LogP contribution is 2.23. The summed E-state index contributed by atoms with van der Waals surface area (Å²) in [4.78, 5) is 14.3. The monoisotopic (exact) mass is 264 g/mol. The number of benzene rings is 1. The predicted molar refractivity (Wildman–Crippen MR) is 71.6 cm³/mol. The van der Waals surface area contributed by atoms with E-state index in [0.29, 0.717) is 6.54 Å². The quantitative estimate of drug-likeness (QED) is 0.841. The Bertz CT molecular complexity index is 469. The van der Waals surface area contributed by atoms with Crippen molar-refractivity contribution in [3.63, 3.8) is 0 Å². The van der Waals surface area contributed by atoms with Gasteiger partial charge in [-0.25, -0.2) is 0 Å². The highest BCUT2D eigenvalue weighted by atomic mass is 35.5. The zero-order valence-electron chi connectivity index (χ0n) is 10.3. The first-order chi connectivity index (χ1) is 8.74. The zero-order valence-corrected chi connectivity index (χ0v) is 11.0. The van der Waals surface area contributed by atoms with E-state index in [0.717, 1.165) is 37.4 Å². The molecule has 1 amide bonds. The van der Waals surface area contributed by atoms with Crippen LogP contribution in [0.3, 0.4) is 0 Å². The van der Waals surface area contributed by atoms with E-state index < -0.39 is 0 Å². The molecule has 0 bridgehead atoms. The Hall–Kier alpha value is -1.06. The Morgan fingerprint density at radius 1 is 1.39 bits per heavy atom. The average Bonchev–Trinajstić information content (AvgIpc) is 2.90. The molecule has 0 saturated carbocycles. The fourth-order valence-electron chi connectivity index (χ4n) is 2.83. The topological polar surface area (TPSA) is 32.3 Å². The molecule has 1 saturated heterocycles. The van der Waals surface area contributed by atoms with Crippen molar-refractivity contribution < 1.29 is 4.79 Å². The van der Waals surface area contributed by atoms with Crippen molar-refractivity contribution in [3.8, 4) is 0 Å². The maximum atomic E-state index is 12.3. The summed E-state index contributed by atoms with van der Waals surface area (Å²) in [6.07, 6.45) is 3.01. The number of halogens is 1. The Morgan fingerprint density at radius 2 is 2.28 bits per heavy atom. The van der Waals surface area contributed by atoms with Crippen LogP contribution < -0.4 is 5.32 Å². The van der Waals surface area contributed by atoms with Gasteiger partial charge in [0.05, 0.1) is 6.04 Å². The lowest BCUT2D eigenvalue weighted by molar-refractivity contribution is -0.134. The fourth-order valence-corrected chi connectivity index (χ4v) is 3.02. The summed E-state index contributed by atoms with van der Waals surface area (Å²) < 4.78 is 0. The molecular formula is C14H17ClN2O. The van der Waals surface area contributed by atoms with Gasteiger partial charge in [0, 0.05) is 18.1 Å². The standard InChI is InChI=1S/C14H17ClN2O/c15-12-4-3-10-5-7-17(9-11(10)8-12)14(18)13-2-1-6-16-13/h3-4,8,13,16H,1-2,5-7,9H2. The molecule has 0 radical (unpaired) electrons. The highest BCUT2D eigenvalue weighted by molar-refractivity contribution is 6.30. The summed E-state index contributed by atoms with van der Waals surface area (Å²) in [6, 6.07) is 6.02. The molecule has 0 spiro atoms. The average molecular weight is 265 g/mol. The van der Waals surface area contributed by atoms with Crippen LogP contribution in [0, 0.1) is 0 Å². The van der Waals surface area contributed by atoms with Gasteiger partial charge in [-0.05, 0) is 49.1 Å². The third kappa shape index (κ3) is 2.25. The Morgan fingerprint density at radius 3 is 3.06 bits per heavy atom. The predicted octanol–water partition coefficient (Wildman–Crippen LogP) is 1.98. The van der Waals surface area contributed by atoms with Crippen molar-refractivity contribution in [3.05, 3.63) is 34.3 Å². The third-order valence-electron chi connectivity index (χ3n) is 3.85. The summed E-state index contributed by atoms with van der Waals surface area (Å²) in [5.74, 6) is 0.248. The maximum Gasteiger partial charge on any atom is 0.240 e. The van der Waals surface area contributed by atoms with E-state index in [1.165, 1.54) is 11.1 Å². The van der Waals surface area contributed by atoms with Crippen LogP contribution in [-0.4, -0.2) is 29.9 Å². The second kappa shape index (κ2) is 4.90. The first-order valence-electron chi connectivity index (χ1n) is 6.53. The minimum absolute atomic E-state index is 0.0331. The minimum Gasteiger partial charge on any atom is -0.337 e. The van der Waals surface area contributed by atoms with Gasteiger partial charge in [-0.3, -0.25) is 4.79 Å². The maximum absolute atomic E-state index is 12.3. The van der Waals surface area contributed by atoms with Gasteiger partial charge in [0.25, 0.3) is 0 Å². The smallest absolute Gasteiger partial charge is 0.240 e. The zero-order chi connectivity index (χ0) is 12.5. The minimum atomic E-state index is 0.0331. The van der Waals surface area contributed by atoms with Gasteiger partial charge >= 0.3 is 0 Å². The van der Waals surface area contributed by atoms with E-state index in [4.69, 9.17) is 11.6 Å². The van der Waals surface area contributed by atoms with Gasteiger partial charge in [-0.2, -0.15) is 0 Å². The van der Waals surface area contributed by atoms with Gasteiger partial charge in [0.1, 0.15) is 0 Å². The van der Waals surface area contributed by atoms with Crippen LogP contribution in [-0.2, 0) is 17.8 Å². The van der Waals surface area contributed by atoms with E-state index in [9.17, 15) is 4.79 Å². The molecule has 1 unspecified atom stereocenters. The summed E-state index contributed by atoms with van der Waals surface area (Å²) >= 11 is 6.02. The Balaban J connectivity index is 1.75. The number of hydrogen-bond donors (Lipinski definition) is 1. The molecule has 2 aliphatic heterocycles. The van der Waals surface area contributed by atoms with Crippen molar-refractivity contribution >= 4 is 17.5 Å². The molecule has 0 aromatic heterocycles. The molecule has 3 rings (SSSR count). The first-order valence-corrected chi connectivity index (χ1v) is 6.91. The van der Waals surface area contributed by atoms with Crippen LogP contribution >= 0.6 is 11.6 Å². The lowest BCUT2D eigenvalue weighted by Crippen LogP contribution is -2.45. The Kier molecular flexibility index (Phi) is 3.27. The molecule has 1 fully saturated rings.